The summed E-state index contributed by atoms with van der Waals surface area (Å²) in [6, 6.07) is 9.68. The molecule has 0 heterocycles. The molecular formula is C16H16O6. The highest BCUT2D eigenvalue weighted by Gasteiger charge is 2.18. The lowest BCUT2D eigenvalue weighted by atomic mass is 10.2. The summed E-state index contributed by atoms with van der Waals surface area (Å²) in [5.41, 5.74) is 0.196. The molecule has 0 bridgehead atoms. The Bertz CT molecular complexity index is 680. The van der Waals surface area contributed by atoms with Crippen molar-refractivity contribution in [3.8, 4) is 28.7 Å². The SMILES string of the molecule is COC(=O)c1cc(OC)c(O)c(Oc2ccccc2OC)c1. The fourth-order valence-corrected chi connectivity index (χ4v) is 1.87. The van der Waals surface area contributed by atoms with Gasteiger partial charge in [-0.15, -0.1) is 0 Å². The summed E-state index contributed by atoms with van der Waals surface area (Å²) in [6.07, 6.45) is 0. The Hall–Kier alpha value is -2.89. The number of rotatable bonds is 5. The van der Waals surface area contributed by atoms with Gasteiger partial charge in [0.05, 0.1) is 26.9 Å². The molecule has 0 unspecified atom stereocenters. The zero-order valence-corrected chi connectivity index (χ0v) is 12.5. The maximum Gasteiger partial charge on any atom is 0.338 e. The van der Waals surface area contributed by atoms with Gasteiger partial charge >= 0.3 is 5.97 Å². The Morgan fingerprint density at radius 3 is 2.09 bits per heavy atom. The third-order valence-corrected chi connectivity index (χ3v) is 2.97. The molecule has 2 rings (SSSR count). The second kappa shape index (κ2) is 6.71. The van der Waals surface area contributed by atoms with Crippen molar-refractivity contribution in [3.05, 3.63) is 42.0 Å². The largest absolute Gasteiger partial charge is 0.502 e. The molecule has 0 amide bonds. The quantitative estimate of drug-likeness (QED) is 0.856. The molecule has 6 nitrogen and oxygen atoms in total. The fraction of sp³-hybridized carbons (Fsp3) is 0.188. The van der Waals surface area contributed by atoms with E-state index in [9.17, 15) is 9.90 Å². The van der Waals surface area contributed by atoms with E-state index in [1.165, 1.54) is 33.5 Å². The topological polar surface area (TPSA) is 74.2 Å². The number of para-hydroxylation sites is 2. The molecule has 0 atom stereocenters. The van der Waals surface area contributed by atoms with Gasteiger partial charge in [0.15, 0.2) is 23.0 Å². The monoisotopic (exact) mass is 304 g/mol. The van der Waals surface area contributed by atoms with Crippen LogP contribution in [0.3, 0.4) is 0 Å². The molecule has 0 fully saturated rings. The van der Waals surface area contributed by atoms with E-state index in [2.05, 4.69) is 4.74 Å². The summed E-state index contributed by atoms with van der Waals surface area (Å²) in [5.74, 6) is 0.259. The Labute approximate surface area is 127 Å². The highest BCUT2D eigenvalue weighted by atomic mass is 16.5. The van der Waals surface area contributed by atoms with E-state index in [1.807, 2.05) is 0 Å². The molecule has 2 aromatic carbocycles. The third kappa shape index (κ3) is 3.06. The first-order valence-corrected chi connectivity index (χ1v) is 6.41. The molecule has 1 N–H and O–H groups in total. The Morgan fingerprint density at radius 2 is 1.50 bits per heavy atom. The summed E-state index contributed by atoms with van der Waals surface area (Å²) in [5, 5.41) is 10.1. The van der Waals surface area contributed by atoms with Gasteiger partial charge in [-0.2, -0.15) is 0 Å². The van der Waals surface area contributed by atoms with Crippen LogP contribution in [-0.2, 0) is 4.74 Å². The van der Waals surface area contributed by atoms with Crippen LogP contribution in [0.4, 0.5) is 0 Å². The maximum atomic E-state index is 11.7. The molecule has 0 spiro atoms. The number of hydrogen-bond acceptors (Lipinski definition) is 6. The predicted octanol–water partition coefficient (Wildman–Crippen LogP) is 2.99. The number of hydrogen-bond donors (Lipinski definition) is 1. The van der Waals surface area contributed by atoms with Crippen molar-refractivity contribution in [2.24, 2.45) is 0 Å². The number of ether oxygens (including phenoxy) is 4. The smallest absolute Gasteiger partial charge is 0.338 e. The summed E-state index contributed by atoms with van der Waals surface area (Å²) in [7, 11) is 4.15. The number of carbonyl (C=O) groups is 1. The first-order chi connectivity index (χ1) is 10.6. The van der Waals surface area contributed by atoms with Crippen molar-refractivity contribution < 1.29 is 28.8 Å². The zero-order chi connectivity index (χ0) is 16.1. The summed E-state index contributed by atoms with van der Waals surface area (Å²) < 4.78 is 20.5. The lowest BCUT2D eigenvalue weighted by Crippen LogP contribution is -2.02. The van der Waals surface area contributed by atoms with Crippen LogP contribution in [-0.4, -0.2) is 32.4 Å². The van der Waals surface area contributed by atoms with Crippen LogP contribution in [0.2, 0.25) is 0 Å². The molecule has 0 aliphatic rings. The number of esters is 1. The van der Waals surface area contributed by atoms with Crippen molar-refractivity contribution in [2.75, 3.05) is 21.3 Å². The highest BCUT2D eigenvalue weighted by molar-refractivity contribution is 5.91. The molecule has 0 aromatic heterocycles. The molecule has 0 saturated carbocycles. The second-order valence-electron chi connectivity index (χ2n) is 4.27. The normalized spacial score (nSPS) is 9.95. The fourth-order valence-electron chi connectivity index (χ4n) is 1.87. The number of aromatic hydroxyl groups is 1. The summed E-state index contributed by atoms with van der Waals surface area (Å²) >= 11 is 0. The van der Waals surface area contributed by atoms with E-state index in [1.54, 1.807) is 24.3 Å². The average Bonchev–Trinajstić information content (AvgIpc) is 2.56. The minimum Gasteiger partial charge on any atom is -0.502 e. The number of methoxy groups -OCH3 is 3. The molecule has 22 heavy (non-hydrogen) atoms. The zero-order valence-electron chi connectivity index (χ0n) is 12.5. The van der Waals surface area contributed by atoms with Gasteiger partial charge in [0, 0.05) is 0 Å². The van der Waals surface area contributed by atoms with Gasteiger partial charge in [0.25, 0.3) is 0 Å². The van der Waals surface area contributed by atoms with Gasteiger partial charge in [0.2, 0.25) is 5.75 Å². The lowest BCUT2D eigenvalue weighted by molar-refractivity contribution is 0.0600. The second-order valence-corrected chi connectivity index (χ2v) is 4.27. The van der Waals surface area contributed by atoms with Gasteiger partial charge in [-0.05, 0) is 24.3 Å². The van der Waals surface area contributed by atoms with Crippen molar-refractivity contribution in [3.63, 3.8) is 0 Å². The number of phenols is 1. The molecule has 0 aliphatic carbocycles. The van der Waals surface area contributed by atoms with Crippen molar-refractivity contribution in [2.45, 2.75) is 0 Å². The third-order valence-electron chi connectivity index (χ3n) is 2.97. The number of benzene rings is 2. The minimum atomic E-state index is -0.567. The van der Waals surface area contributed by atoms with Crippen LogP contribution in [0.15, 0.2) is 36.4 Å². The molecule has 0 saturated heterocycles. The molecule has 0 aliphatic heterocycles. The minimum absolute atomic E-state index is 0.0595. The Morgan fingerprint density at radius 1 is 0.909 bits per heavy atom. The van der Waals surface area contributed by atoms with Crippen LogP contribution < -0.4 is 14.2 Å². The van der Waals surface area contributed by atoms with E-state index in [0.717, 1.165) is 0 Å². The molecule has 2 aromatic rings. The van der Waals surface area contributed by atoms with Crippen molar-refractivity contribution in [1.29, 1.82) is 0 Å². The van der Waals surface area contributed by atoms with Crippen molar-refractivity contribution >= 4 is 5.97 Å². The van der Waals surface area contributed by atoms with Crippen LogP contribution >= 0.6 is 0 Å². The van der Waals surface area contributed by atoms with E-state index >= 15 is 0 Å². The molecule has 116 valence electrons. The van der Waals surface area contributed by atoms with Crippen LogP contribution in [0.25, 0.3) is 0 Å². The molecular weight excluding hydrogens is 288 g/mol. The molecule has 0 radical (unpaired) electrons. The van der Waals surface area contributed by atoms with Crippen LogP contribution in [0.5, 0.6) is 28.7 Å². The lowest BCUT2D eigenvalue weighted by Gasteiger charge is -2.14. The molecule has 6 heteroatoms. The Kier molecular flexibility index (Phi) is 4.73. The first-order valence-electron chi connectivity index (χ1n) is 6.41. The van der Waals surface area contributed by atoms with Gasteiger partial charge in [-0.3, -0.25) is 0 Å². The van der Waals surface area contributed by atoms with Gasteiger partial charge < -0.3 is 24.1 Å². The number of carbonyl (C=O) groups excluding carboxylic acids is 1. The average molecular weight is 304 g/mol. The Balaban J connectivity index is 2.47. The van der Waals surface area contributed by atoms with Gasteiger partial charge in [-0.1, -0.05) is 12.1 Å². The van der Waals surface area contributed by atoms with E-state index in [0.29, 0.717) is 11.5 Å². The van der Waals surface area contributed by atoms with Gasteiger partial charge in [0.1, 0.15) is 0 Å². The van der Waals surface area contributed by atoms with E-state index in [4.69, 9.17) is 14.2 Å². The summed E-state index contributed by atoms with van der Waals surface area (Å²) in [6.45, 7) is 0. The van der Waals surface area contributed by atoms with Crippen LogP contribution in [0, 0.1) is 0 Å². The van der Waals surface area contributed by atoms with Crippen molar-refractivity contribution in [1.82, 2.24) is 0 Å². The maximum absolute atomic E-state index is 11.7. The van der Waals surface area contributed by atoms with E-state index in [-0.39, 0.29) is 22.8 Å². The predicted molar refractivity (Wildman–Crippen MR) is 79.1 cm³/mol. The number of phenolic OH excluding ortho intramolecular Hbond substituents is 1. The van der Waals surface area contributed by atoms with E-state index < -0.39 is 5.97 Å². The summed E-state index contributed by atoms with van der Waals surface area (Å²) in [4.78, 5) is 11.7. The van der Waals surface area contributed by atoms with Crippen LogP contribution in [0.1, 0.15) is 10.4 Å². The standard InChI is InChI=1S/C16H16O6/c1-19-11-6-4-5-7-12(11)22-14-9-10(16(18)21-3)8-13(20-2)15(14)17/h4-9,17H,1-3H3. The first kappa shape index (κ1) is 15.5. The highest BCUT2D eigenvalue weighted by Crippen LogP contribution is 2.41. The van der Waals surface area contributed by atoms with Gasteiger partial charge in [-0.25, -0.2) is 4.79 Å².